The molecule has 1 aromatic carbocycles. The fourth-order valence-corrected chi connectivity index (χ4v) is 3.16. The minimum atomic E-state index is 0.763. The molecule has 0 bridgehead atoms. The van der Waals surface area contributed by atoms with Gasteiger partial charge in [0, 0.05) is 58.2 Å². The summed E-state index contributed by atoms with van der Waals surface area (Å²) in [6.07, 6.45) is 10.1. The van der Waals surface area contributed by atoms with Gasteiger partial charge in [0.25, 0.3) is 0 Å². The Hall–Kier alpha value is -2.60. The van der Waals surface area contributed by atoms with Crippen molar-refractivity contribution in [2.75, 3.05) is 45.8 Å². The zero-order chi connectivity index (χ0) is 18.7. The topological polar surface area (TPSA) is 48.7 Å². The van der Waals surface area contributed by atoms with Gasteiger partial charge in [-0.2, -0.15) is 0 Å². The van der Waals surface area contributed by atoms with Gasteiger partial charge in [0.15, 0.2) is 5.96 Å². The third-order valence-electron chi connectivity index (χ3n) is 4.66. The van der Waals surface area contributed by atoms with Crippen molar-refractivity contribution < 1.29 is 0 Å². The molecule has 1 N–H and O–H groups in total. The van der Waals surface area contributed by atoms with Crippen LogP contribution in [0.3, 0.4) is 0 Å². The summed E-state index contributed by atoms with van der Waals surface area (Å²) in [7, 11) is 0. The molecule has 0 aliphatic carbocycles. The number of imidazole rings is 1. The summed E-state index contributed by atoms with van der Waals surface area (Å²) in [5.41, 5.74) is 1.26. The Morgan fingerprint density at radius 3 is 2.70 bits per heavy atom. The van der Waals surface area contributed by atoms with Crippen molar-refractivity contribution in [2.45, 2.75) is 13.5 Å². The van der Waals surface area contributed by atoms with Gasteiger partial charge in [-0.1, -0.05) is 42.5 Å². The molecular weight excluding hydrogens is 336 g/mol. The SMILES string of the molecule is CCNC(=NCCn1ccnc1)N1CCN(CC=Cc2ccccc2)CC1. The van der Waals surface area contributed by atoms with Gasteiger partial charge in [-0.3, -0.25) is 9.89 Å². The molecule has 1 aromatic heterocycles. The first-order valence-corrected chi connectivity index (χ1v) is 9.78. The van der Waals surface area contributed by atoms with Crippen molar-refractivity contribution in [3.05, 3.63) is 60.7 Å². The third kappa shape index (κ3) is 6.25. The van der Waals surface area contributed by atoms with Gasteiger partial charge in [-0.05, 0) is 12.5 Å². The normalized spacial score (nSPS) is 16.2. The summed E-state index contributed by atoms with van der Waals surface area (Å²) in [6.45, 7) is 9.77. The lowest BCUT2D eigenvalue weighted by atomic mass is 10.2. The molecule has 144 valence electrons. The van der Waals surface area contributed by atoms with Crippen LogP contribution in [0.15, 0.2) is 60.1 Å². The first-order chi connectivity index (χ1) is 13.3. The molecule has 0 radical (unpaired) electrons. The van der Waals surface area contributed by atoms with Crippen LogP contribution >= 0.6 is 0 Å². The number of rotatable bonds is 7. The van der Waals surface area contributed by atoms with E-state index >= 15 is 0 Å². The third-order valence-corrected chi connectivity index (χ3v) is 4.66. The summed E-state index contributed by atoms with van der Waals surface area (Å²) in [5.74, 6) is 1.03. The van der Waals surface area contributed by atoms with Gasteiger partial charge < -0.3 is 14.8 Å². The number of aliphatic imine (C=N–C) groups is 1. The van der Waals surface area contributed by atoms with Crippen molar-refractivity contribution in [1.29, 1.82) is 0 Å². The molecule has 2 heterocycles. The van der Waals surface area contributed by atoms with E-state index < -0.39 is 0 Å². The molecule has 3 rings (SSSR count). The number of nitrogens with zero attached hydrogens (tertiary/aromatic N) is 5. The molecule has 6 nitrogen and oxygen atoms in total. The van der Waals surface area contributed by atoms with Gasteiger partial charge in [-0.15, -0.1) is 0 Å². The van der Waals surface area contributed by atoms with E-state index in [1.807, 2.05) is 12.5 Å². The lowest BCUT2D eigenvalue weighted by molar-refractivity contribution is 0.194. The molecule has 0 spiro atoms. The number of guanidine groups is 1. The monoisotopic (exact) mass is 366 g/mol. The smallest absolute Gasteiger partial charge is 0.194 e. The number of aromatic nitrogens is 2. The highest BCUT2D eigenvalue weighted by atomic mass is 15.3. The second-order valence-corrected chi connectivity index (χ2v) is 6.64. The van der Waals surface area contributed by atoms with Crippen LogP contribution in [0.1, 0.15) is 12.5 Å². The Balaban J connectivity index is 1.44. The molecule has 1 saturated heterocycles. The van der Waals surface area contributed by atoms with E-state index in [4.69, 9.17) is 4.99 Å². The van der Waals surface area contributed by atoms with Crippen molar-refractivity contribution in [1.82, 2.24) is 24.7 Å². The quantitative estimate of drug-likeness (QED) is 0.603. The van der Waals surface area contributed by atoms with Crippen LogP contribution in [0.5, 0.6) is 0 Å². The molecule has 0 unspecified atom stereocenters. The molecule has 1 aliphatic rings. The van der Waals surface area contributed by atoms with Crippen molar-refractivity contribution >= 4 is 12.0 Å². The van der Waals surface area contributed by atoms with Gasteiger partial charge in [-0.25, -0.2) is 4.98 Å². The zero-order valence-electron chi connectivity index (χ0n) is 16.2. The van der Waals surface area contributed by atoms with Gasteiger partial charge >= 0.3 is 0 Å². The summed E-state index contributed by atoms with van der Waals surface area (Å²) in [6, 6.07) is 10.5. The molecule has 2 aromatic rings. The minimum absolute atomic E-state index is 0.763. The zero-order valence-corrected chi connectivity index (χ0v) is 16.2. The van der Waals surface area contributed by atoms with E-state index in [-0.39, 0.29) is 0 Å². The van der Waals surface area contributed by atoms with Crippen LogP contribution in [0, 0.1) is 0 Å². The number of piperazine rings is 1. The predicted octanol–water partition coefficient (Wildman–Crippen LogP) is 2.18. The van der Waals surface area contributed by atoms with Crippen LogP contribution < -0.4 is 5.32 Å². The highest BCUT2D eigenvalue weighted by Crippen LogP contribution is 2.05. The maximum Gasteiger partial charge on any atom is 0.194 e. The van der Waals surface area contributed by atoms with Crippen LogP contribution in [-0.4, -0.2) is 71.1 Å². The van der Waals surface area contributed by atoms with Crippen molar-refractivity contribution in [3.63, 3.8) is 0 Å². The number of hydrogen-bond acceptors (Lipinski definition) is 3. The summed E-state index contributed by atoms with van der Waals surface area (Å²) < 4.78 is 2.06. The van der Waals surface area contributed by atoms with Crippen LogP contribution in [0.2, 0.25) is 0 Å². The Morgan fingerprint density at radius 1 is 1.19 bits per heavy atom. The van der Waals surface area contributed by atoms with E-state index in [1.54, 1.807) is 6.20 Å². The van der Waals surface area contributed by atoms with Crippen molar-refractivity contribution in [2.24, 2.45) is 4.99 Å². The lowest BCUT2D eigenvalue weighted by Crippen LogP contribution is -2.52. The molecule has 1 fully saturated rings. The highest BCUT2D eigenvalue weighted by molar-refractivity contribution is 5.80. The largest absolute Gasteiger partial charge is 0.357 e. The van der Waals surface area contributed by atoms with E-state index in [0.717, 1.165) is 58.3 Å². The van der Waals surface area contributed by atoms with E-state index in [9.17, 15) is 0 Å². The van der Waals surface area contributed by atoms with Crippen molar-refractivity contribution in [3.8, 4) is 0 Å². The van der Waals surface area contributed by atoms with E-state index in [1.165, 1.54) is 5.56 Å². The number of nitrogens with one attached hydrogen (secondary N) is 1. The first-order valence-electron chi connectivity index (χ1n) is 9.78. The van der Waals surface area contributed by atoms with E-state index in [2.05, 4.69) is 74.1 Å². The Kier molecular flexibility index (Phi) is 7.47. The predicted molar refractivity (Wildman–Crippen MR) is 112 cm³/mol. The molecule has 0 saturated carbocycles. The summed E-state index contributed by atoms with van der Waals surface area (Å²) >= 11 is 0. The number of hydrogen-bond donors (Lipinski definition) is 1. The Morgan fingerprint density at radius 2 is 2.00 bits per heavy atom. The molecule has 27 heavy (non-hydrogen) atoms. The summed E-state index contributed by atoms with van der Waals surface area (Å²) in [5, 5.41) is 3.43. The van der Waals surface area contributed by atoms with Gasteiger partial charge in [0.05, 0.1) is 12.9 Å². The summed E-state index contributed by atoms with van der Waals surface area (Å²) in [4.78, 5) is 13.7. The molecule has 1 aliphatic heterocycles. The Bertz CT molecular complexity index is 700. The van der Waals surface area contributed by atoms with Crippen LogP contribution in [-0.2, 0) is 6.54 Å². The van der Waals surface area contributed by atoms with E-state index in [0.29, 0.717) is 0 Å². The average molecular weight is 367 g/mol. The second kappa shape index (κ2) is 10.5. The van der Waals surface area contributed by atoms with Gasteiger partial charge in [0.1, 0.15) is 0 Å². The Labute approximate surface area is 162 Å². The molecule has 0 atom stereocenters. The van der Waals surface area contributed by atoms with Crippen LogP contribution in [0.4, 0.5) is 0 Å². The van der Waals surface area contributed by atoms with Crippen LogP contribution in [0.25, 0.3) is 6.08 Å². The van der Waals surface area contributed by atoms with Gasteiger partial charge in [0.2, 0.25) is 0 Å². The highest BCUT2D eigenvalue weighted by Gasteiger charge is 2.18. The maximum absolute atomic E-state index is 4.79. The maximum atomic E-state index is 4.79. The first kappa shape index (κ1) is 19.2. The second-order valence-electron chi connectivity index (χ2n) is 6.64. The fraction of sp³-hybridized carbons (Fsp3) is 0.429. The molecule has 0 amide bonds. The fourth-order valence-electron chi connectivity index (χ4n) is 3.16. The lowest BCUT2D eigenvalue weighted by Gasteiger charge is -2.36. The standard InChI is InChI=1S/C21H30N6/c1-2-23-21(24-11-14-26-13-10-22-19-26)27-17-15-25(16-18-27)12-6-9-20-7-4-3-5-8-20/h3-10,13,19H,2,11-12,14-18H2,1H3,(H,23,24). The molecular formula is C21H30N6. The minimum Gasteiger partial charge on any atom is -0.357 e. The average Bonchev–Trinajstić information content (AvgIpc) is 3.22. The molecule has 6 heteroatoms. The number of benzene rings is 1.